The molecule has 1 atom stereocenters. The molecule has 1 N–H and O–H groups in total. The Morgan fingerprint density at radius 2 is 1.67 bits per heavy atom. The maximum absolute atomic E-state index is 10.4. The van der Waals surface area contributed by atoms with Crippen molar-refractivity contribution in [1.82, 2.24) is 0 Å². The summed E-state index contributed by atoms with van der Waals surface area (Å²) >= 11 is 5.96. The first-order valence-electron chi connectivity index (χ1n) is 6.06. The average molecular weight is 261 g/mol. The summed E-state index contributed by atoms with van der Waals surface area (Å²) in [7, 11) is 0. The molecule has 1 nitrogen and oxygen atoms in total. The summed E-state index contributed by atoms with van der Waals surface area (Å²) in [4.78, 5) is 0. The van der Waals surface area contributed by atoms with Gasteiger partial charge in [0.15, 0.2) is 0 Å². The summed E-state index contributed by atoms with van der Waals surface area (Å²) in [6, 6.07) is 13.7. The van der Waals surface area contributed by atoms with Crippen LogP contribution < -0.4 is 0 Å². The first-order chi connectivity index (χ1) is 8.58. The smallest absolute Gasteiger partial charge is 0.0835 e. The molecule has 0 saturated heterocycles. The van der Waals surface area contributed by atoms with Crippen molar-refractivity contribution >= 4 is 11.6 Å². The Hall–Kier alpha value is -1.31. The van der Waals surface area contributed by atoms with Crippen LogP contribution in [0.5, 0.6) is 0 Å². The van der Waals surface area contributed by atoms with Gasteiger partial charge in [0.2, 0.25) is 0 Å². The number of halogens is 1. The van der Waals surface area contributed by atoms with Crippen LogP contribution in [0.2, 0.25) is 5.02 Å². The molecule has 0 heterocycles. The fourth-order valence-electron chi connectivity index (χ4n) is 2.34. The van der Waals surface area contributed by atoms with E-state index in [1.54, 1.807) is 0 Å². The van der Waals surface area contributed by atoms with E-state index in [-0.39, 0.29) is 0 Å². The number of rotatable bonds is 3. The van der Waals surface area contributed by atoms with Crippen LogP contribution in [-0.2, 0) is 6.42 Å². The Balaban J connectivity index is 2.25. The van der Waals surface area contributed by atoms with E-state index in [2.05, 4.69) is 0 Å². The highest BCUT2D eigenvalue weighted by atomic mass is 35.5. The first-order valence-corrected chi connectivity index (χ1v) is 6.44. The second-order valence-electron chi connectivity index (χ2n) is 4.66. The molecule has 0 amide bonds. The Morgan fingerprint density at radius 1 is 1.06 bits per heavy atom. The van der Waals surface area contributed by atoms with Crippen LogP contribution in [0.25, 0.3) is 0 Å². The summed E-state index contributed by atoms with van der Waals surface area (Å²) in [5, 5.41) is 11.1. The van der Waals surface area contributed by atoms with Crippen molar-refractivity contribution < 1.29 is 5.11 Å². The standard InChI is InChI=1S/C16H17ClO/c1-11-5-3-6-12(2)16(11)15(18)10-13-7-4-8-14(17)9-13/h3-9,15,18H,10H2,1-2H3. The lowest BCUT2D eigenvalue weighted by molar-refractivity contribution is 0.177. The lowest BCUT2D eigenvalue weighted by Gasteiger charge is -2.16. The highest BCUT2D eigenvalue weighted by Crippen LogP contribution is 2.25. The zero-order valence-electron chi connectivity index (χ0n) is 10.7. The van der Waals surface area contributed by atoms with Crippen LogP contribution in [-0.4, -0.2) is 5.11 Å². The van der Waals surface area contributed by atoms with E-state index in [4.69, 9.17) is 11.6 Å². The van der Waals surface area contributed by atoms with Gasteiger partial charge in [-0.3, -0.25) is 0 Å². The molecule has 0 spiro atoms. The minimum atomic E-state index is -0.482. The minimum Gasteiger partial charge on any atom is -0.388 e. The van der Waals surface area contributed by atoms with E-state index in [0.29, 0.717) is 11.4 Å². The Morgan fingerprint density at radius 3 is 2.28 bits per heavy atom. The van der Waals surface area contributed by atoms with E-state index in [9.17, 15) is 5.11 Å². The van der Waals surface area contributed by atoms with E-state index in [0.717, 1.165) is 22.3 Å². The third-order valence-electron chi connectivity index (χ3n) is 3.19. The number of aliphatic hydroxyl groups excluding tert-OH is 1. The van der Waals surface area contributed by atoms with Gasteiger partial charge in [-0.05, 0) is 48.2 Å². The van der Waals surface area contributed by atoms with Gasteiger partial charge in [0.1, 0.15) is 0 Å². The largest absolute Gasteiger partial charge is 0.388 e. The normalized spacial score (nSPS) is 12.4. The molecule has 94 valence electrons. The topological polar surface area (TPSA) is 20.2 Å². The van der Waals surface area contributed by atoms with Crippen LogP contribution in [0.15, 0.2) is 42.5 Å². The van der Waals surface area contributed by atoms with Gasteiger partial charge in [-0.25, -0.2) is 0 Å². The summed E-state index contributed by atoms with van der Waals surface area (Å²) in [6.07, 6.45) is 0.108. The molecule has 0 radical (unpaired) electrons. The summed E-state index contributed by atoms with van der Waals surface area (Å²) in [6.45, 7) is 4.06. The second-order valence-corrected chi connectivity index (χ2v) is 5.09. The van der Waals surface area contributed by atoms with Gasteiger partial charge in [-0.15, -0.1) is 0 Å². The Labute approximate surface area is 113 Å². The summed E-state index contributed by atoms with van der Waals surface area (Å²) in [5.74, 6) is 0. The molecular weight excluding hydrogens is 244 g/mol. The van der Waals surface area contributed by atoms with E-state index >= 15 is 0 Å². The monoisotopic (exact) mass is 260 g/mol. The molecule has 2 heteroatoms. The molecule has 0 bridgehead atoms. The van der Waals surface area contributed by atoms with E-state index < -0.39 is 6.10 Å². The van der Waals surface area contributed by atoms with Crippen LogP contribution in [0.4, 0.5) is 0 Å². The molecule has 0 saturated carbocycles. The maximum Gasteiger partial charge on any atom is 0.0835 e. The van der Waals surface area contributed by atoms with Crippen molar-refractivity contribution in [2.24, 2.45) is 0 Å². The summed E-state index contributed by atoms with van der Waals surface area (Å²) in [5.41, 5.74) is 4.34. The van der Waals surface area contributed by atoms with Gasteiger partial charge in [-0.1, -0.05) is 41.9 Å². The highest BCUT2D eigenvalue weighted by Gasteiger charge is 2.13. The van der Waals surface area contributed by atoms with Gasteiger partial charge in [0.05, 0.1) is 6.10 Å². The Bertz CT molecular complexity index is 528. The third-order valence-corrected chi connectivity index (χ3v) is 3.43. The number of hydrogen-bond acceptors (Lipinski definition) is 1. The van der Waals surface area contributed by atoms with Crippen molar-refractivity contribution in [3.63, 3.8) is 0 Å². The van der Waals surface area contributed by atoms with E-state index in [1.807, 2.05) is 56.3 Å². The minimum absolute atomic E-state index is 0.482. The molecule has 0 fully saturated rings. The SMILES string of the molecule is Cc1cccc(C)c1C(O)Cc1cccc(Cl)c1. The molecular formula is C16H17ClO. The molecule has 0 aromatic heterocycles. The van der Waals surface area contributed by atoms with Crippen molar-refractivity contribution in [3.05, 3.63) is 69.7 Å². The van der Waals surface area contributed by atoms with Gasteiger partial charge in [-0.2, -0.15) is 0 Å². The lowest BCUT2D eigenvalue weighted by atomic mass is 9.94. The molecule has 0 aliphatic rings. The molecule has 18 heavy (non-hydrogen) atoms. The second kappa shape index (κ2) is 5.55. The first kappa shape index (κ1) is 13.1. The highest BCUT2D eigenvalue weighted by molar-refractivity contribution is 6.30. The van der Waals surface area contributed by atoms with E-state index in [1.165, 1.54) is 0 Å². The summed E-state index contributed by atoms with van der Waals surface area (Å²) < 4.78 is 0. The van der Waals surface area contributed by atoms with Crippen LogP contribution in [0.1, 0.15) is 28.4 Å². The molecule has 0 aliphatic carbocycles. The number of aryl methyl sites for hydroxylation is 2. The van der Waals surface area contributed by atoms with Crippen LogP contribution in [0, 0.1) is 13.8 Å². The van der Waals surface area contributed by atoms with Crippen molar-refractivity contribution in [3.8, 4) is 0 Å². The third kappa shape index (κ3) is 2.92. The zero-order chi connectivity index (χ0) is 13.1. The number of hydrogen-bond donors (Lipinski definition) is 1. The van der Waals surface area contributed by atoms with Crippen LogP contribution >= 0.6 is 11.6 Å². The quantitative estimate of drug-likeness (QED) is 0.876. The predicted octanol–water partition coefficient (Wildman–Crippen LogP) is 4.23. The fourth-order valence-corrected chi connectivity index (χ4v) is 2.56. The molecule has 2 rings (SSSR count). The molecule has 0 aliphatic heterocycles. The predicted molar refractivity (Wildman–Crippen MR) is 76.0 cm³/mol. The number of benzene rings is 2. The van der Waals surface area contributed by atoms with Crippen LogP contribution in [0.3, 0.4) is 0 Å². The van der Waals surface area contributed by atoms with Crippen molar-refractivity contribution in [2.45, 2.75) is 26.4 Å². The van der Waals surface area contributed by atoms with Crippen molar-refractivity contribution in [1.29, 1.82) is 0 Å². The molecule has 1 unspecified atom stereocenters. The average Bonchev–Trinajstić information content (AvgIpc) is 2.28. The lowest BCUT2D eigenvalue weighted by Crippen LogP contribution is -2.06. The van der Waals surface area contributed by atoms with Gasteiger partial charge < -0.3 is 5.11 Å². The van der Waals surface area contributed by atoms with Gasteiger partial charge in [0.25, 0.3) is 0 Å². The zero-order valence-corrected chi connectivity index (χ0v) is 11.4. The number of aliphatic hydroxyl groups is 1. The Kier molecular flexibility index (Phi) is 4.05. The molecule has 2 aromatic rings. The van der Waals surface area contributed by atoms with Gasteiger partial charge in [0, 0.05) is 11.4 Å². The molecule has 2 aromatic carbocycles. The fraction of sp³-hybridized carbons (Fsp3) is 0.250. The maximum atomic E-state index is 10.4. The van der Waals surface area contributed by atoms with Gasteiger partial charge >= 0.3 is 0 Å². The van der Waals surface area contributed by atoms with Crippen molar-refractivity contribution in [2.75, 3.05) is 0 Å².